The Morgan fingerprint density at radius 2 is 1.91 bits per heavy atom. The molecule has 3 unspecified atom stereocenters. The first-order valence-corrected chi connectivity index (χ1v) is 12.0. The van der Waals surface area contributed by atoms with Crippen LogP contribution in [0, 0.1) is 23.2 Å². The fraction of sp³-hybridized carbons (Fsp3) is 0.583. The second kappa shape index (κ2) is 8.09. The molecule has 2 fully saturated rings. The largest absolute Gasteiger partial charge is 0.341 e. The van der Waals surface area contributed by atoms with Crippen LogP contribution in [0.25, 0.3) is 11.1 Å². The third kappa shape index (κ3) is 4.15. The van der Waals surface area contributed by atoms with E-state index in [1.54, 1.807) is 13.1 Å². The average molecular weight is 471 g/mol. The highest BCUT2D eigenvalue weighted by molar-refractivity contribution is 6.33. The fourth-order valence-corrected chi connectivity index (χ4v) is 6.00. The van der Waals surface area contributed by atoms with E-state index in [0.717, 1.165) is 36.9 Å². The number of aromatic nitrogens is 3. The second-order valence-electron chi connectivity index (χ2n) is 10.8. The molecule has 2 aromatic rings. The Kier molecular flexibility index (Phi) is 5.48. The maximum Gasteiger partial charge on any atom is 0.239 e. The smallest absolute Gasteiger partial charge is 0.239 e. The van der Waals surface area contributed by atoms with Crippen LogP contribution in [0.15, 0.2) is 18.5 Å². The van der Waals surface area contributed by atoms with Gasteiger partial charge in [-0.15, -0.1) is 0 Å². The summed E-state index contributed by atoms with van der Waals surface area (Å²) in [5, 5.41) is 8.09. The number of likely N-dealkylation sites (tertiary alicyclic amines) is 1. The SMILES string of the molecule is CC(N)C(=O)N1CC2CC(C(=O)Nc3cc(-c4cnn5c4CC(C)(C)C5)c(Cl)cn3)C[C@@H]2C1. The number of carbonyl (C=O) groups excluding carboxylic acids is 2. The van der Waals surface area contributed by atoms with E-state index in [0.29, 0.717) is 35.8 Å². The second-order valence-corrected chi connectivity index (χ2v) is 11.2. The van der Waals surface area contributed by atoms with Crippen LogP contribution in [0.5, 0.6) is 0 Å². The molecule has 2 aliphatic heterocycles. The molecule has 2 aromatic heterocycles. The number of rotatable bonds is 4. The number of amides is 2. The molecule has 4 heterocycles. The lowest BCUT2D eigenvalue weighted by Crippen LogP contribution is -2.41. The van der Waals surface area contributed by atoms with E-state index in [1.165, 1.54) is 5.69 Å². The summed E-state index contributed by atoms with van der Waals surface area (Å²) in [6, 6.07) is 1.37. The summed E-state index contributed by atoms with van der Waals surface area (Å²) < 4.78 is 2.04. The summed E-state index contributed by atoms with van der Waals surface area (Å²) in [7, 11) is 0. The average Bonchev–Trinajstić information content (AvgIpc) is 3.47. The maximum absolute atomic E-state index is 13.0. The van der Waals surface area contributed by atoms with Gasteiger partial charge in [0.2, 0.25) is 11.8 Å². The Balaban J connectivity index is 1.27. The van der Waals surface area contributed by atoms with Crippen molar-refractivity contribution in [1.29, 1.82) is 0 Å². The predicted octanol–water partition coefficient (Wildman–Crippen LogP) is 2.95. The van der Waals surface area contributed by atoms with E-state index < -0.39 is 6.04 Å². The van der Waals surface area contributed by atoms with Gasteiger partial charge in [0.15, 0.2) is 0 Å². The number of carbonyl (C=O) groups is 2. The first kappa shape index (κ1) is 22.3. The molecule has 2 amide bonds. The fourth-order valence-electron chi connectivity index (χ4n) is 5.80. The topological polar surface area (TPSA) is 106 Å². The third-order valence-electron chi connectivity index (χ3n) is 7.39. The predicted molar refractivity (Wildman–Crippen MR) is 127 cm³/mol. The van der Waals surface area contributed by atoms with E-state index in [4.69, 9.17) is 17.3 Å². The lowest BCUT2D eigenvalue weighted by atomic mass is 9.89. The summed E-state index contributed by atoms with van der Waals surface area (Å²) in [4.78, 5) is 31.4. The van der Waals surface area contributed by atoms with Crippen molar-refractivity contribution in [2.45, 2.75) is 52.6 Å². The van der Waals surface area contributed by atoms with E-state index in [1.807, 2.05) is 21.8 Å². The molecule has 0 radical (unpaired) electrons. The summed E-state index contributed by atoms with van der Waals surface area (Å²) in [5.41, 5.74) is 8.92. The molecule has 33 heavy (non-hydrogen) atoms. The lowest BCUT2D eigenvalue weighted by molar-refractivity contribution is -0.131. The van der Waals surface area contributed by atoms with Crippen molar-refractivity contribution >= 4 is 29.2 Å². The zero-order valence-electron chi connectivity index (χ0n) is 19.3. The normalized spacial score (nSPS) is 26.2. The number of pyridine rings is 1. The maximum atomic E-state index is 13.0. The van der Waals surface area contributed by atoms with Gasteiger partial charge in [-0.2, -0.15) is 5.10 Å². The third-order valence-corrected chi connectivity index (χ3v) is 7.69. The Hall–Kier alpha value is -2.45. The minimum Gasteiger partial charge on any atom is -0.341 e. The first-order valence-electron chi connectivity index (χ1n) is 11.7. The number of hydrogen-bond donors (Lipinski definition) is 2. The zero-order valence-corrected chi connectivity index (χ0v) is 20.1. The van der Waals surface area contributed by atoms with Crippen molar-refractivity contribution in [1.82, 2.24) is 19.7 Å². The van der Waals surface area contributed by atoms with Crippen LogP contribution in [0.4, 0.5) is 5.82 Å². The van der Waals surface area contributed by atoms with Crippen molar-refractivity contribution in [2.75, 3.05) is 18.4 Å². The zero-order chi connectivity index (χ0) is 23.5. The monoisotopic (exact) mass is 470 g/mol. The molecule has 3 aliphatic rings. The minimum atomic E-state index is -0.476. The molecule has 8 nitrogen and oxygen atoms in total. The molecular formula is C24H31ClN6O2. The van der Waals surface area contributed by atoms with Crippen LogP contribution in [0.3, 0.4) is 0 Å². The number of halogens is 1. The van der Waals surface area contributed by atoms with Crippen LogP contribution in [-0.2, 0) is 22.6 Å². The molecule has 1 saturated heterocycles. The summed E-state index contributed by atoms with van der Waals surface area (Å²) >= 11 is 6.50. The van der Waals surface area contributed by atoms with Gasteiger partial charge in [-0.05, 0) is 49.5 Å². The van der Waals surface area contributed by atoms with Crippen LogP contribution >= 0.6 is 11.6 Å². The summed E-state index contributed by atoms with van der Waals surface area (Å²) in [6.45, 7) is 8.45. The van der Waals surface area contributed by atoms with Gasteiger partial charge < -0.3 is 16.0 Å². The van der Waals surface area contributed by atoms with Crippen molar-refractivity contribution < 1.29 is 9.59 Å². The van der Waals surface area contributed by atoms with Gasteiger partial charge in [-0.3, -0.25) is 14.3 Å². The molecule has 3 N–H and O–H groups in total. The standard InChI is InChI=1S/C24H31ClN6O2/c1-13(26)23(33)30-10-15-4-14(5-16(15)11-30)22(32)29-21-6-17(19(25)9-27-21)18-8-28-31-12-24(2,3)7-20(18)31/h6,8-9,13-16H,4-5,7,10-12,26H2,1-3H3,(H,27,29,32)/t13?,14?,15-,16?/m1/s1. The molecule has 0 bridgehead atoms. The Labute approximate surface area is 198 Å². The molecule has 1 saturated carbocycles. The van der Waals surface area contributed by atoms with Crippen LogP contribution in [-0.4, -0.2) is 50.6 Å². The van der Waals surface area contributed by atoms with Gasteiger partial charge in [0.1, 0.15) is 5.82 Å². The van der Waals surface area contributed by atoms with E-state index in [2.05, 4.69) is 29.2 Å². The molecule has 0 aromatic carbocycles. The van der Waals surface area contributed by atoms with Crippen molar-refractivity contribution in [2.24, 2.45) is 28.9 Å². The molecule has 0 spiro atoms. The highest BCUT2D eigenvalue weighted by atomic mass is 35.5. The molecular weight excluding hydrogens is 440 g/mol. The van der Waals surface area contributed by atoms with Gasteiger partial charge in [0.25, 0.3) is 0 Å². The number of anilines is 1. The first-order chi connectivity index (χ1) is 15.6. The molecule has 176 valence electrons. The van der Waals surface area contributed by atoms with Crippen molar-refractivity contribution in [3.63, 3.8) is 0 Å². The summed E-state index contributed by atoms with van der Waals surface area (Å²) in [5.74, 6) is 1.12. The summed E-state index contributed by atoms with van der Waals surface area (Å²) in [6.07, 6.45) is 5.94. The van der Waals surface area contributed by atoms with Crippen molar-refractivity contribution in [3.8, 4) is 11.1 Å². The van der Waals surface area contributed by atoms with E-state index in [9.17, 15) is 9.59 Å². The van der Waals surface area contributed by atoms with Crippen LogP contribution in [0.2, 0.25) is 5.02 Å². The molecule has 1 aliphatic carbocycles. The van der Waals surface area contributed by atoms with Crippen molar-refractivity contribution in [3.05, 3.63) is 29.2 Å². The van der Waals surface area contributed by atoms with Gasteiger partial charge in [-0.25, -0.2) is 4.98 Å². The number of hydrogen-bond acceptors (Lipinski definition) is 5. The Morgan fingerprint density at radius 3 is 2.58 bits per heavy atom. The molecule has 5 rings (SSSR count). The quantitative estimate of drug-likeness (QED) is 0.714. The minimum absolute atomic E-state index is 0.00154. The highest BCUT2D eigenvalue weighted by Crippen LogP contribution is 2.43. The van der Waals surface area contributed by atoms with Crippen LogP contribution < -0.4 is 11.1 Å². The Bertz CT molecular complexity index is 1100. The molecule has 9 heteroatoms. The molecule has 4 atom stereocenters. The number of fused-ring (bicyclic) bond motifs is 2. The van der Waals surface area contributed by atoms with E-state index >= 15 is 0 Å². The van der Waals surface area contributed by atoms with Gasteiger partial charge in [-0.1, -0.05) is 25.4 Å². The van der Waals surface area contributed by atoms with Gasteiger partial charge in [0.05, 0.1) is 17.3 Å². The Morgan fingerprint density at radius 1 is 1.21 bits per heavy atom. The lowest BCUT2D eigenvalue weighted by Gasteiger charge is -2.20. The number of nitrogens with zero attached hydrogens (tertiary/aromatic N) is 4. The van der Waals surface area contributed by atoms with Gasteiger partial charge in [0, 0.05) is 48.6 Å². The number of nitrogens with two attached hydrogens (primary N) is 1. The number of nitrogens with one attached hydrogen (secondary N) is 1. The van der Waals surface area contributed by atoms with Crippen LogP contribution in [0.1, 0.15) is 39.3 Å². The van der Waals surface area contributed by atoms with Gasteiger partial charge >= 0.3 is 0 Å². The van der Waals surface area contributed by atoms with E-state index in [-0.39, 0.29) is 23.1 Å². The highest BCUT2D eigenvalue weighted by Gasteiger charge is 2.44.